The van der Waals surface area contributed by atoms with Gasteiger partial charge in [-0.1, -0.05) is 116 Å². The molecule has 0 fully saturated rings. The van der Waals surface area contributed by atoms with Crippen LogP contribution in [0, 0.1) is 0 Å². The van der Waals surface area contributed by atoms with E-state index in [2.05, 4.69) is 13.8 Å². The fourth-order valence-corrected chi connectivity index (χ4v) is 6.01. The summed E-state index contributed by atoms with van der Waals surface area (Å²) in [7, 11) is -8.06. The van der Waals surface area contributed by atoms with Crippen LogP contribution in [0.5, 0.6) is 0 Å². The third-order valence-corrected chi connectivity index (χ3v) is 9.50. The zero-order valence-electron chi connectivity index (χ0n) is 31.3. The average molecular weight is 761 g/mol. The highest BCUT2D eigenvalue weighted by Gasteiger charge is 2.13. The first-order chi connectivity index (χ1) is 24.1. The van der Waals surface area contributed by atoms with Crippen LogP contribution in [-0.4, -0.2) is 116 Å². The Bertz CT molecular complexity index is 884. The number of hydrogen-bond donors (Lipinski definition) is 2. The lowest BCUT2D eigenvalue weighted by atomic mass is 10.1. The number of unbranched alkanes of at least 4 members (excludes halogenated alkanes) is 14. The quantitative estimate of drug-likeness (QED) is 0.0367. The maximum Gasteiger partial charge on any atom is 0.264 e. The van der Waals surface area contributed by atoms with Gasteiger partial charge in [-0.25, -0.2) is 0 Å². The highest BCUT2D eigenvalue weighted by molar-refractivity contribution is 7.86. The van der Waals surface area contributed by atoms with Gasteiger partial charge in [-0.2, -0.15) is 16.8 Å². The van der Waals surface area contributed by atoms with Crippen LogP contribution in [0.3, 0.4) is 0 Å². The first-order valence-electron chi connectivity index (χ1n) is 19.2. The van der Waals surface area contributed by atoms with Gasteiger partial charge in [-0.15, -0.1) is 0 Å². The fourth-order valence-electron chi connectivity index (χ4n) is 5.05. The topological polar surface area (TPSA) is 164 Å². The smallest absolute Gasteiger partial charge is 0.264 e. The first kappa shape index (κ1) is 49.3. The maximum atomic E-state index is 11.0. The SMILES string of the molecule is CCCCCCCCCCOCC(COC/C=C\COCC(COCCCCCCCCCC)OCCCS(=O)(=O)O)OCCCS(=O)(=O)O. The second kappa shape index (κ2) is 35.4. The van der Waals surface area contributed by atoms with Gasteiger partial charge >= 0.3 is 0 Å². The predicted octanol–water partition coefficient (Wildman–Crippen LogP) is 7.22. The van der Waals surface area contributed by atoms with Crippen molar-refractivity contribution in [1.82, 2.24) is 0 Å². The molecule has 2 atom stereocenters. The van der Waals surface area contributed by atoms with Crippen LogP contribution >= 0.6 is 0 Å². The molecule has 0 spiro atoms. The second-order valence-corrected chi connectivity index (χ2v) is 16.1. The molecule has 0 aromatic carbocycles. The molecule has 0 aliphatic carbocycles. The van der Waals surface area contributed by atoms with Gasteiger partial charge in [0.2, 0.25) is 0 Å². The summed E-state index contributed by atoms with van der Waals surface area (Å²) in [5, 5.41) is 0. The summed E-state index contributed by atoms with van der Waals surface area (Å²) in [5.74, 6) is -0.714. The molecule has 0 aromatic heterocycles. The van der Waals surface area contributed by atoms with E-state index < -0.39 is 20.2 Å². The Balaban J connectivity index is 4.40. The molecule has 12 nitrogen and oxygen atoms in total. The molecule has 0 aliphatic heterocycles. The lowest BCUT2D eigenvalue weighted by Crippen LogP contribution is -2.27. The van der Waals surface area contributed by atoms with E-state index in [0.29, 0.717) is 39.6 Å². The Labute approximate surface area is 305 Å². The molecule has 0 aliphatic rings. The zero-order chi connectivity index (χ0) is 37.0. The van der Waals surface area contributed by atoms with E-state index in [9.17, 15) is 16.8 Å². The number of ether oxygens (including phenoxy) is 6. The Morgan fingerprint density at radius 1 is 0.440 bits per heavy atom. The zero-order valence-corrected chi connectivity index (χ0v) is 32.9. The van der Waals surface area contributed by atoms with Crippen LogP contribution in [0.4, 0.5) is 0 Å². The van der Waals surface area contributed by atoms with Crippen LogP contribution in [-0.2, 0) is 48.7 Å². The molecule has 2 unspecified atom stereocenters. The summed E-state index contributed by atoms with van der Waals surface area (Å²) < 4.78 is 96.6. The lowest BCUT2D eigenvalue weighted by Gasteiger charge is -2.18. The van der Waals surface area contributed by atoms with Gasteiger partial charge in [0.1, 0.15) is 12.2 Å². The molecule has 2 N–H and O–H groups in total. The molecule has 0 amide bonds. The van der Waals surface area contributed by atoms with E-state index in [0.717, 1.165) is 25.7 Å². The minimum Gasteiger partial charge on any atom is -0.379 e. The van der Waals surface area contributed by atoms with Crippen molar-refractivity contribution < 1.29 is 54.4 Å². The molecular weight excluding hydrogens is 689 g/mol. The molecular formula is C36H72O12S2. The molecule has 0 saturated carbocycles. The van der Waals surface area contributed by atoms with Crippen LogP contribution in [0.15, 0.2) is 12.2 Å². The van der Waals surface area contributed by atoms with Gasteiger partial charge in [0, 0.05) is 26.4 Å². The standard InChI is InChI=1S/C36H72O12S2/c1-3-5-7-9-11-13-15-17-23-43-31-35(47-27-21-29-49(37,38)39)33-45-25-19-20-26-46-34-36(48-28-22-30-50(40,41)42)32-44-24-18-16-14-12-10-8-6-4-2/h19-20,35-36H,3-18,21-34H2,1-2H3,(H,37,38,39)(H,40,41,42)/b20-19-. The van der Waals surface area contributed by atoms with E-state index in [1.807, 2.05) is 12.2 Å². The van der Waals surface area contributed by atoms with Crippen molar-refractivity contribution >= 4 is 20.2 Å². The minimum absolute atomic E-state index is 0.167. The van der Waals surface area contributed by atoms with Crippen LogP contribution in [0.1, 0.15) is 129 Å². The normalized spacial score (nSPS) is 13.8. The molecule has 50 heavy (non-hydrogen) atoms. The Morgan fingerprint density at radius 2 is 0.760 bits per heavy atom. The van der Waals surface area contributed by atoms with Crippen molar-refractivity contribution in [2.75, 3.05) is 77.6 Å². The van der Waals surface area contributed by atoms with E-state index in [1.165, 1.54) is 77.0 Å². The third kappa shape index (κ3) is 40.1. The number of hydrogen-bond acceptors (Lipinski definition) is 10. The van der Waals surface area contributed by atoms with Gasteiger partial charge in [-0.3, -0.25) is 9.11 Å². The van der Waals surface area contributed by atoms with Gasteiger partial charge in [0.15, 0.2) is 0 Å². The van der Waals surface area contributed by atoms with Crippen molar-refractivity contribution in [2.24, 2.45) is 0 Å². The highest BCUT2D eigenvalue weighted by atomic mass is 32.2. The molecule has 14 heteroatoms. The van der Waals surface area contributed by atoms with Gasteiger partial charge in [0.25, 0.3) is 20.2 Å². The lowest BCUT2D eigenvalue weighted by molar-refractivity contribution is -0.0573. The predicted molar refractivity (Wildman–Crippen MR) is 199 cm³/mol. The Morgan fingerprint density at radius 3 is 1.10 bits per heavy atom. The maximum absolute atomic E-state index is 11.0. The highest BCUT2D eigenvalue weighted by Crippen LogP contribution is 2.10. The summed E-state index contributed by atoms with van der Waals surface area (Å²) in [6, 6.07) is 0. The molecule has 0 saturated heterocycles. The van der Waals surface area contributed by atoms with Crippen LogP contribution in [0.2, 0.25) is 0 Å². The molecule has 0 rings (SSSR count). The van der Waals surface area contributed by atoms with E-state index >= 15 is 0 Å². The van der Waals surface area contributed by atoms with Gasteiger partial charge in [-0.05, 0) is 25.7 Å². The summed E-state index contributed by atoms with van der Waals surface area (Å²) in [5.41, 5.74) is 0. The van der Waals surface area contributed by atoms with Crippen molar-refractivity contribution in [3.8, 4) is 0 Å². The fraction of sp³-hybridized carbons (Fsp3) is 0.944. The summed E-state index contributed by atoms with van der Waals surface area (Å²) in [6.45, 7) is 7.89. The minimum atomic E-state index is -4.03. The average Bonchev–Trinajstić information content (AvgIpc) is 3.06. The molecule has 0 bridgehead atoms. The summed E-state index contributed by atoms with van der Waals surface area (Å²) >= 11 is 0. The third-order valence-electron chi connectivity index (χ3n) is 7.89. The van der Waals surface area contributed by atoms with Gasteiger partial charge < -0.3 is 28.4 Å². The molecule has 300 valence electrons. The van der Waals surface area contributed by atoms with Crippen molar-refractivity contribution in [3.05, 3.63) is 12.2 Å². The van der Waals surface area contributed by atoms with Gasteiger partial charge in [0.05, 0.1) is 51.1 Å². The summed E-state index contributed by atoms with van der Waals surface area (Å²) in [4.78, 5) is 0. The Kier molecular flexibility index (Phi) is 34.9. The summed E-state index contributed by atoms with van der Waals surface area (Å²) in [6.07, 6.45) is 22.7. The van der Waals surface area contributed by atoms with Crippen molar-refractivity contribution in [1.29, 1.82) is 0 Å². The molecule has 0 aromatic rings. The van der Waals surface area contributed by atoms with Crippen molar-refractivity contribution in [2.45, 2.75) is 142 Å². The van der Waals surface area contributed by atoms with E-state index in [1.54, 1.807) is 0 Å². The monoisotopic (exact) mass is 760 g/mol. The Hall–Kier alpha value is -0.680. The van der Waals surface area contributed by atoms with E-state index in [-0.39, 0.29) is 63.0 Å². The van der Waals surface area contributed by atoms with Crippen molar-refractivity contribution in [3.63, 3.8) is 0 Å². The van der Waals surface area contributed by atoms with E-state index in [4.69, 9.17) is 37.5 Å². The number of rotatable bonds is 40. The first-order valence-corrected chi connectivity index (χ1v) is 22.4. The molecule has 0 heterocycles. The molecule has 0 radical (unpaired) electrons. The second-order valence-electron chi connectivity index (χ2n) is 12.9. The van der Waals surface area contributed by atoms with Crippen LogP contribution < -0.4 is 0 Å². The van der Waals surface area contributed by atoms with Crippen LogP contribution in [0.25, 0.3) is 0 Å². The largest absolute Gasteiger partial charge is 0.379 e.